The number of carbonyl (C=O) groups is 2. The van der Waals surface area contributed by atoms with Crippen LogP contribution in [0.3, 0.4) is 0 Å². The Kier molecular flexibility index (Phi) is 5.11. The SMILES string of the molecule is O=C(O)CSCCNC(=O)C1COc2ccccc2O1. The first-order valence-corrected chi connectivity index (χ1v) is 7.28. The molecule has 0 saturated carbocycles. The van der Waals surface area contributed by atoms with E-state index in [0.29, 0.717) is 23.8 Å². The van der Waals surface area contributed by atoms with Gasteiger partial charge in [-0.2, -0.15) is 0 Å². The summed E-state index contributed by atoms with van der Waals surface area (Å²) in [6, 6.07) is 7.18. The number of nitrogens with one attached hydrogen (secondary N) is 1. The molecule has 0 aromatic heterocycles. The fraction of sp³-hybridized carbons (Fsp3) is 0.385. The molecule has 0 aliphatic carbocycles. The summed E-state index contributed by atoms with van der Waals surface area (Å²) in [5.41, 5.74) is 0. The topological polar surface area (TPSA) is 84.9 Å². The molecule has 20 heavy (non-hydrogen) atoms. The lowest BCUT2D eigenvalue weighted by atomic mass is 10.2. The van der Waals surface area contributed by atoms with Crippen LogP contribution < -0.4 is 14.8 Å². The van der Waals surface area contributed by atoms with Gasteiger partial charge in [-0.05, 0) is 12.1 Å². The van der Waals surface area contributed by atoms with Crippen molar-refractivity contribution in [1.82, 2.24) is 5.32 Å². The Balaban J connectivity index is 1.73. The number of ether oxygens (including phenoxy) is 2. The van der Waals surface area contributed by atoms with Gasteiger partial charge in [0.2, 0.25) is 6.10 Å². The second-order valence-electron chi connectivity index (χ2n) is 4.10. The number of aliphatic carboxylic acids is 1. The van der Waals surface area contributed by atoms with Crippen LogP contribution in [0, 0.1) is 0 Å². The van der Waals surface area contributed by atoms with Crippen molar-refractivity contribution in [3.8, 4) is 11.5 Å². The lowest BCUT2D eigenvalue weighted by molar-refractivity contribution is -0.134. The number of hydrogen-bond acceptors (Lipinski definition) is 5. The predicted octanol–water partition coefficient (Wildman–Crippen LogP) is 0.760. The van der Waals surface area contributed by atoms with E-state index < -0.39 is 12.1 Å². The summed E-state index contributed by atoms with van der Waals surface area (Å²) in [6.45, 7) is 0.573. The fourth-order valence-electron chi connectivity index (χ4n) is 1.67. The van der Waals surface area contributed by atoms with E-state index in [9.17, 15) is 9.59 Å². The van der Waals surface area contributed by atoms with E-state index >= 15 is 0 Å². The van der Waals surface area contributed by atoms with E-state index in [-0.39, 0.29) is 18.3 Å². The molecule has 0 spiro atoms. The van der Waals surface area contributed by atoms with Gasteiger partial charge < -0.3 is 19.9 Å². The molecule has 1 atom stereocenters. The first-order chi connectivity index (χ1) is 9.66. The first-order valence-electron chi connectivity index (χ1n) is 6.12. The molecule has 0 bridgehead atoms. The molecule has 2 N–H and O–H groups in total. The Morgan fingerprint density at radius 2 is 2.10 bits per heavy atom. The molecule has 0 saturated heterocycles. The predicted molar refractivity (Wildman–Crippen MR) is 74.3 cm³/mol. The van der Waals surface area contributed by atoms with Gasteiger partial charge in [0.1, 0.15) is 6.61 Å². The van der Waals surface area contributed by atoms with E-state index in [1.54, 1.807) is 12.1 Å². The molecule has 0 radical (unpaired) electrons. The van der Waals surface area contributed by atoms with Crippen LogP contribution in [-0.4, -0.2) is 47.7 Å². The first kappa shape index (κ1) is 14.5. The molecule has 1 unspecified atom stereocenters. The molecule has 1 aromatic carbocycles. The maximum Gasteiger partial charge on any atom is 0.313 e. The number of amides is 1. The van der Waals surface area contributed by atoms with Crippen LogP contribution in [0.5, 0.6) is 11.5 Å². The van der Waals surface area contributed by atoms with E-state index in [4.69, 9.17) is 14.6 Å². The molecule has 1 aliphatic heterocycles. The van der Waals surface area contributed by atoms with E-state index in [1.807, 2.05) is 12.1 Å². The van der Waals surface area contributed by atoms with E-state index in [0.717, 1.165) is 0 Å². The van der Waals surface area contributed by atoms with Gasteiger partial charge in [0.05, 0.1) is 5.75 Å². The van der Waals surface area contributed by atoms with Gasteiger partial charge in [-0.15, -0.1) is 11.8 Å². The molecule has 6 nitrogen and oxygen atoms in total. The van der Waals surface area contributed by atoms with Crippen LogP contribution in [0.15, 0.2) is 24.3 Å². The summed E-state index contributed by atoms with van der Waals surface area (Å²) in [4.78, 5) is 22.2. The summed E-state index contributed by atoms with van der Waals surface area (Å²) in [5.74, 6) is 0.652. The largest absolute Gasteiger partial charge is 0.485 e. The Hall–Kier alpha value is -1.89. The Labute approximate surface area is 120 Å². The van der Waals surface area contributed by atoms with Gasteiger partial charge >= 0.3 is 5.97 Å². The van der Waals surface area contributed by atoms with Crippen molar-refractivity contribution in [2.45, 2.75) is 6.10 Å². The van der Waals surface area contributed by atoms with Gasteiger partial charge in [0.15, 0.2) is 11.5 Å². The van der Waals surface area contributed by atoms with Crippen LogP contribution in [0.4, 0.5) is 0 Å². The molecule has 0 fully saturated rings. The number of carboxylic acid groups (broad SMARTS) is 1. The van der Waals surface area contributed by atoms with Crippen molar-refractivity contribution in [2.24, 2.45) is 0 Å². The van der Waals surface area contributed by atoms with Gasteiger partial charge in [-0.25, -0.2) is 0 Å². The average Bonchev–Trinajstić information content (AvgIpc) is 2.46. The second-order valence-corrected chi connectivity index (χ2v) is 5.21. The number of carboxylic acids is 1. The molecular formula is C13H15NO5S. The van der Waals surface area contributed by atoms with E-state index in [2.05, 4.69) is 5.32 Å². The normalized spacial score (nSPS) is 16.5. The minimum absolute atomic E-state index is 0.0340. The lowest BCUT2D eigenvalue weighted by Crippen LogP contribution is -2.44. The molecule has 7 heteroatoms. The highest BCUT2D eigenvalue weighted by Crippen LogP contribution is 2.30. The number of para-hydroxylation sites is 2. The third kappa shape index (κ3) is 4.06. The minimum atomic E-state index is -0.859. The number of carbonyl (C=O) groups excluding carboxylic acids is 1. The molecule has 2 rings (SSSR count). The molecule has 1 aliphatic rings. The average molecular weight is 297 g/mol. The van der Waals surface area contributed by atoms with Crippen molar-refractivity contribution >= 4 is 23.6 Å². The number of rotatable bonds is 6. The van der Waals surface area contributed by atoms with Crippen LogP contribution in [-0.2, 0) is 9.59 Å². The third-order valence-corrected chi connectivity index (χ3v) is 3.52. The highest BCUT2D eigenvalue weighted by molar-refractivity contribution is 7.99. The van der Waals surface area contributed by atoms with Crippen molar-refractivity contribution in [2.75, 3.05) is 24.7 Å². The highest BCUT2D eigenvalue weighted by atomic mass is 32.2. The summed E-state index contributed by atoms with van der Waals surface area (Å²) < 4.78 is 11.0. The number of fused-ring (bicyclic) bond motifs is 1. The van der Waals surface area contributed by atoms with Crippen molar-refractivity contribution in [3.63, 3.8) is 0 Å². The maximum absolute atomic E-state index is 11.9. The number of benzene rings is 1. The smallest absolute Gasteiger partial charge is 0.313 e. The summed E-state index contributed by atoms with van der Waals surface area (Å²) in [6.07, 6.45) is -0.672. The quantitative estimate of drug-likeness (QED) is 0.754. The second kappa shape index (κ2) is 7.04. The van der Waals surface area contributed by atoms with Gasteiger partial charge in [-0.1, -0.05) is 12.1 Å². The van der Waals surface area contributed by atoms with Crippen molar-refractivity contribution in [3.05, 3.63) is 24.3 Å². The van der Waals surface area contributed by atoms with Gasteiger partial charge in [-0.3, -0.25) is 9.59 Å². The van der Waals surface area contributed by atoms with Crippen LogP contribution in [0.1, 0.15) is 0 Å². The zero-order chi connectivity index (χ0) is 14.4. The number of hydrogen-bond donors (Lipinski definition) is 2. The van der Waals surface area contributed by atoms with Crippen LogP contribution in [0.25, 0.3) is 0 Å². The Bertz CT molecular complexity index is 493. The zero-order valence-electron chi connectivity index (χ0n) is 10.7. The number of thioether (sulfide) groups is 1. The van der Waals surface area contributed by atoms with Gasteiger partial charge in [0, 0.05) is 12.3 Å². The molecule has 1 amide bonds. The standard InChI is InChI=1S/C13H15NO5S/c15-12(16)8-20-6-5-14-13(17)11-7-18-9-3-1-2-4-10(9)19-11/h1-4,11H,5-8H2,(H,14,17)(H,15,16). The van der Waals surface area contributed by atoms with Crippen molar-refractivity contribution < 1.29 is 24.2 Å². The minimum Gasteiger partial charge on any atom is -0.485 e. The summed E-state index contributed by atoms with van der Waals surface area (Å²) in [5, 5.41) is 11.2. The molecular weight excluding hydrogens is 282 g/mol. The fourth-order valence-corrected chi connectivity index (χ4v) is 2.23. The maximum atomic E-state index is 11.9. The van der Waals surface area contributed by atoms with Gasteiger partial charge in [0.25, 0.3) is 5.91 Å². The molecule has 1 heterocycles. The van der Waals surface area contributed by atoms with Crippen LogP contribution in [0.2, 0.25) is 0 Å². The zero-order valence-corrected chi connectivity index (χ0v) is 11.5. The third-order valence-electron chi connectivity index (χ3n) is 2.57. The molecule has 1 aromatic rings. The van der Waals surface area contributed by atoms with E-state index in [1.165, 1.54) is 11.8 Å². The molecule has 108 valence electrons. The summed E-state index contributed by atoms with van der Waals surface area (Å²) in [7, 11) is 0. The Morgan fingerprint density at radius 1 is 1.35 bits per heavy atom. The lowest BCUT2D eigenvalue weighted by Gasteiger charge is -2.25. The Morgan fingerprint density at radius 3 is 2.85 bits per heavy atom. The monoisotopic (exact) mass is 297 g/mol. The summed E-state index contributed by atoms with van der Waals surface area (Å²) >= 11 is 1.25. The van der Waals surface area contributed by atoms with Crippen LogP contribution >= 0.6 is 11.8 Å². The highest BCUT2D eigenvalue weighted by Gasteiger charge is 2.26. The van der Waals surface area contributed by atoms with Crippen molar-refractivity contribution in [1.29, 1.82) is 0 Å².